The van der Waals surface area contributed by atoms with Crippen molar-refractivity contribution < 1.29 is 13.2 Å². The van der Waals surface area contributed by atoms with Crippen LogP contribution in [0.3, 0.4) is 0 Å². The second-order valence-electron chi connectivity index (χ2n) is 3.67. The molecule has 1 aromatic carbocycles. The van der Waals surface area contributed by atoms with Gasteiger partial charge in [-0.25, -0.2) is 13.1 Å². The molecule has 0 unspecified atom stereocenters. The van der Waals surface area contributed by atoms with Gasteiger partial charge in [-0.15, -0.1) is 0 Å². The van der Waals surface area contributed by atoms with Crippen LogP contribution in [0.5, 0.6) is 0 Å². The molecule has 0 saturated carbocycles. The first-order chi connectivity index (χ1) is 7.96. The number of benzene rings is 1. The molecule has 1 N–H and O–H groups in total. The van der Waals surface area contributed by atoms with Crippen molar-refractivity contribution in [1.29, 1.82) is 0 Å². The van der Waals surface area contributed by atoms with E-state index in [1.807, 2.05) is 6.07 Å². The van der Waals surface area contributed by atoms with E-state index in [4.69, 9.17) is 16.3 Å². The highest BCUT2D eigenvalue weighted by Gasteiger charge is 2.16. The van der Waals surface area contributed by atoms with Gasteiger partial charge in [0.15, 0.2) is 0 Å². The summed E-state index contributed by atoms with van der Waals surface area (Å²) in [5.74, 6) is -0.0572. The van der Waals surface area contributed by atoms with Crippen molar-refractivity contribution in [2.24, 2.45) is 0 Å². The Balaban J connectivity index is 2.73. The molecule has 0 saturated heterocycles. The van der Waals surface area contributed by atoms with Gasteiger partial charge in [0.05, 0.1) is 12.4 Å². The van der Waals surface area contributed by atoms with Crippen LogP contribution in [0, 0.1) is 0 Å². The summed E-state index contributed by atoms with van der Waals surface area (Å²) in [6, 6.07) is 6.80. The number of hydrogen-bond donors (Lipinski definition) is 1. The lowest BCUT2D eigenvalue weighted by atomic mass is 10.1. The van der Waals surface area contributed by atoms with E-state index in [9.17, 15) is 8.42 Å². The predicted molar refractivity (Wildman–Crippen MR) is 68.7 cm³/mol. The molecule has 0 radical (unpaired) electrons. The molecule has 0 bridgehead atoms. The number of nitrogens with one attached hydrogen (secondary N) is 1. The van der Waals surface area contributed by atoms with Gasteiger partial charge in [0.25, 0.3) is 0 Å². The van der Waals surface area contributed by atoms with Gasteiger partial charge in [-0.05, 0) is 18.6 Å². The molecule has 0 heterocycles. The molecule has 1 aromatic rings. The highest BCUT2D eigenvalue weighted by Crippen LogP contribution is 2.22. The van der Waals surface area contributed by atoms with Crippen molar-refractivity contribution in [1.82, 2.24) is 4.72 Å². The molecule has 4 nitrogen and oxygen atoms in total. The summed E-state index contributed by atoms with van der Waals surface area (Å²) in [6.07, 6.45) is 0. The molecule has 0 aliphatic rings. The fraction of sp³-hybridized carbons (Fsp3) is 0.455. The topological polar surface area (TPSA) is 55.4 Å². The van der Waals surface area contributed by atoms with Gasteiger partial charge in [0.2, 0.25) is 10.0 Å². The van der Waals surface area contributed by atoms with Crippen molar-refractivity contribution in [3.63, 3.8) is 0 Å². The van der Waals surface area contributed by atoms with Crippen LogP contribution in [0.25, 0.3) is 0 Å². The van der Waals surface area contributed by atoms with E-state index in [1.54, 1.807) is 25.1 Å². The van der Waals surface area contributed by atoms with Gasteiger partial charge < -0.3 is 4.74 Å². The Morgan fingerprint density at radius 1 is 1.41 bits per heavy atom. The van der Waals surface area contributed by atoms with E-state index in [0.29, 0.717) is 5.02 Å². The van der Waals surface area contributed by atoms with Gasteiger partial charge in [-0.2, -0.15) is 0 Å². The summed E-state index contributed by atoms with van der Waals surface area (Å²) in [5, 5.41) is 0.550. The van der Waals surface area contributed by atoms with Crippen LogP contribution >= 0.6 is 11.6 Å². The van der Waals surface area contributed by atoms with Crippen LogP contribution in [0.1, 0.15) is 18.5 Å². The molecule has 17 heavy (non-hydrogen) atoms. The highest BCUT2D eigenvalue weighted by molar-refractivity contribution is 7.89. The quantitative estimate of drug-likeness (QED) is 0.865. The third kappa shape index (κ3) is 4.63. The fourth-order valence-electron chi connectivity index (χ4n) is 1.41. The fourth-order valence-corrected chi connectivity index (χ4v) is 2.88. The maximum absolute atomic E-state index is 11.7. The minimum Gasteiger partial charge on any atom is -0.384 e. The molecule has 6 heteroatoms. The van der Waals surface area contributed by atoms with Crippen LogP contribution in [0.15, 0.2) is 24.3 Å². The van der Waals surface area contributed by atoms with Gasteiger partial charge in [-0.1, -0.05) is 29.8 Å². The van der Waals surface area contributed by atoms with Crippen molar-refractivity contribution in [3.8, 4) is 0 Å². The van der Waals surface area contributed by atoms with E-state index in [1.165, 1.54) is 7.11 Å². The number of halogens is 1. The van der Waals surface area contributed by atoms with Crippen molar-refractivity contribution in [2.45, 2.75) is 13.0 Å². The molecule has 0 spiro atoms. The summed E-state index contributed by atoms with van der Waals surface area (Å²) in [5.41, 5.74) is 0.759. The number of methoxy groups -OCH3 is 1. The Morgan fingerprint density at radius 3 is 2.65 bits per heavy atom. The molecule has 1 rings (SSSR count). The van der Waals surface area contributed by atoms with Crippen LogP contribution < -0.4 is 4.72 Å². The van der Waals surface area contributed by atoms with Crippen LogP contribution in [0.2, 0.25) is 5.02 Å². The minimum atomic E-state index is -3.34. The summed E-state index contributed by atoms with van der Waals surface area (Å²) in [7, 11) is -1.88. The third-order valence-corrected chi connectivity index (χ3v) is 4.05. The summed E-state index contributed by atoms with van der Waals surface area (Å²) < 4.78 is 30.6. The number of sulfonamides is 1. The first-order valence-corrected chi connectivity index (χ1v) is 7.22. The van der Waals surface area contributed by atoms with Gasteiger partial charge in [0.1, 0.15) is 0 Å². The Bertz CT molecular complexity index is 462. The van der Waals surface area contributed by atoms with Crippen LogP contribution in [-0.2, 0) is 14.8 Å². The highest BCUT2D eigenvalue weighted by atomic mass is 35.5. The molecule has 0 aliphatic carbocycles. The van der Waals surface area contributed by atoms with E-state index in [2.05, 4.69) is 4.72 Å². The maximum atomic E-state index is 11.7. The monoisotopic (exact) mass is 277 g/mol. The number of ether oxygens (including phenoxy) is 1. The second-order valence-corrected chi connectivity index (χ2v) is 5.95. The number of rotatable bonds is 6. The lowest BCUT2D eigenvalue weighted by molar-refractivity contribution is 0.216. The Morgan fingerprint density at radius 2 is 2.06 bits per heavy atom. The first-order valence-electron chi connectivity index (χ1n) is 5.19. The van der Waals surface area contributed by atoms with Crippen LogP contribution in [-0.4, -0.2) is 27.9 Å². The average molecular weight is 278 g/mol. The van der Waals surface area contributed by atoms with Crippen molar-refractivity contribution >= 4 is 21.6 Å². The van der Waals surface area contributed by atoms with Gasteiger partial charge in [0, 0.05) is 18.2 Å². The zero-order valence-electron chi connectivity index (χ0n) is 9.81. The molecule has 0 amide bonds. The van der Waals surface area contributed by atoms with E-state index in [0.717, 1.165) is 5.56 Å². The molecular weight excluding hydrogens is 262 g/mol. The number of hydrogen-bond acceptors (Lipinski definition) is 3. The molecule has 0 aromatic heterocycles. The normalized spacial score (nSPS) is 13.6. The van der Waals surface area contributed by atoms with Crippen molar-refractivity contribution in [3.05, 3.63) is 34.9 Å². The third-order valence-electron chi connectivity index (χ3n) is 2.28. The van der Waals surface area contributed by atoms with Crippen molar-refractivity contribution in [2.75, 3.05) is 19.5 Å². The molecule has 96 valence electrons. The second kappa shape index (κ2) is 6.35. The molecular formula is C11H16ClNO3S. The molecule has 0 aliphatic heterocycles. The lowest BCUT2D eigenvalue weighted by Gasteiger charge is -2.15. The van der Waals surface area contributed by atoms with Gasteiger partial charge >= 0.3 is 0 Å². The summed E-state index contributed by atoms with van der Waals surface area (Å²) >= 11 is 5.99. The zero-order chi connectivity index (χ0) is 12.9. The Hall–Kier alpha value is -0.620. The van der Waals surface area contributed by atoms with Gasteiger partial charge in [-0.3, -0.25) is 0 Å². The maximum Gasteiger partial charge on any atom is 0.214 e. The van der Waals surface area contributed by atoms with E-state index < -0.39 is 10.0 Å². The van der Waals surface area contributed by atoms with E-state index >= 15 is 0 Å². The predicted octanol–water partition coefficient (Wildman–Crippen LogP) is 1.97. The average Bonchev–Trinajstić information content (AvgIpc) is 2.26. The Kier molecular flexibility index (Phi) is 5.39. The summed E-state index contributed by atoms with van der Waals surface area (Å²) in [4.78, 5) is 0. The zero-order valence-corrected chi connectivity index (χ0v) is 11.4. The van der Waals surface area contributed by atoms with Crippen LogP contribution in [0.4, 0.5) is 0 Å². The van der Waals surface area contributed by atoms with E-state index in [-0.39, 0.29) is 18.4 Å². The smallest absolute Gasteiger partial charge is 0.214 e. The largest absolute Gasteiger partial charge is 0.384 e. The minimum absolute atomic E-state index is 0.0572. The molecule has 1 atom stereocenters. The SMILES string of the molecule is COCCS(=O)(=O)N[C@H](C)c1ccccc1Cl. The summed E-state index contributed by atoms with van der Waals surface area (Å²) in [6.45, 7) is 1.93. The lowest BCUT2D eigenvalue weighted by Crippen LogP contribution is -2.30. The molecule has 0 fully saturated rings. The standard InChI is InChI=1S/C11H16ClNO3S/c1-9(10-5-3-4-6-11(10)12)13-17(14,15)8-7-16-2/h3-6,9,13H,7-8H2,1-2H3/t9-/m1/s1. The Labute approximate surface area is 107 Å². The first kappa shape index (κ1) is 14.4.